The molecule has 1 aromatic carbocycles. The van der Waals surface area contributed by atoms with Crippen molar-refractivity contribution in [2.24, 2.45) is 11.3 Å². The number of hydrogen-bond acceptors (Lipinski definition) is 1. The molecule has 0 aromatic heterocycles. The molecule has 1 N–H and O–H groups in total. The Kier molecular flexibility index (Phi) is 4.67. The maximum absolute atomic E-state index is 3.58. The van der Waals surface area contributed by atoms with Crippen LogP contribution < -0.4 is 5.32 Å². The van der Waals surface area contributed by atoms with Gasteiger partial charge in [-0.25, -0.2) is 0 Å². The summed E-state index contributed by atoms with van der Waals surface area (Å²) < 4.78 is 0. The second kappa shape index (κ2) is 6.09. The third kappa shape index (κ3) is 3.39. The fourth-order valence-electron chi connectivity index (χ4n) is 3.71. The van der Waals surface area contributed by atoms with Crippen LogP contribution in [-0.4, -0.2) is 13.1 Å². The highest BCUT2D eigenvalue weighted by Crippen LogP contribution is 2.44. The number of likely N-dealkylation sites (N-methyl/N-ethyl adjacent to an activating group) is 1. The third-order valence-corrected chi connectivity index (χ3v) is 5.08. The number of hydrogen-bond donors (Lipinski definition) is 1. The SMILES string of the molecule is CCc1ccc(CC(NC)C2CCCC2(C)C)cc1. The van der Waals surface area contributed by atoms with E-state index < -0.39 is 0 Å². The van der Waals surface area contributed by atoms with E-state index in [1.54, 1.807) is 0 Å². The first-order valence-electron chi connectivity index (χ1n) is 7.82. The molecule has 2 unspecified atom stereocenters. The average Bonchev–Trinajstić information content (AvgIpc) is 2.76. The molecule has 1 aromatic rings. The fraction of sp³-hybridized carbons (Fsp3) is 0.667. The summed E-state index contributed by atoms with van der Waals surface area (Å²) in [7, 11) is 2.12. The van der Waals surface area contributed by atoms with E-state index in [4.69, 9.17) is 0 Å². The molecule has 2 atom stereocenters. The van der Waals surface area contributed by atoms with Gasteiger partial charge in [0.25, 0.3) is 0 Å². The van der Waals surface area contributed by atoms with Gasteiger partial charge in [-0.1, -0.05) is 51.5 Å². The third-order valence-electron chi connectivity index (χ3n) is 5.08. The summed E-state index contributed by atoms with van der Waals surface area (Å²) in [5.74, 6) is 0.809. The lowest BCUT2D eigenvalue weighted by Crippen LogP contribution is -2.40. The quantitative estimate of drug-likeness (QED) is 0.835. The van der Waals surface area contributed by atoms with Gasteiger partial charge in [-0.2, -0.15) is 0 Å². The molecule has 1 aliphatic carbocycles. The predicted octanol–water partition coefficient (Wildman–Crippen LogP) is 4.21. The van der Waals surface area contributed by atoms with E-state index in [-0.39, 0.29) is 0 Å². The summed E-state index contributed by atoms with van der Waals surface area (Å²) in [5, 5.41) is 3.58. The van der Waals surface area contributed by atoms with E-state index in [2.05, 4.69) is 57.4 Å². The van der Waals surface area contributed by atoms with Gasteiger partial charge in [0, 0.05) is 6.04 Å². The normalized spacial score (nSPS) is 23.5. The minimum atomic E-state index is 0.497. The van der Waals surface area contributed by atoms with Crippen LogP contribution in [0.3, 0.4) is 0 Å². The molecule has 1 nitrogen and oxygen atoms in total. The molecular formula is C18H29N. The van der Waals surface area contributed by atoms with Gasteiger partial charge in [0.2, 0.25) is 0 Å². The number of nitrogens with one attached hydrogen (secondary N) is 1. The molecule has 0 aliphatic heterocycles. The first-order valence-corrected chi connectivity index (χ1v) is 7.82. The minimum Gasteiger partial charge on any atom is -0.316 e. The first-order chi connectivity index (χ1) is 9.06. The summed E-state index contributed by atoms with van der Waals surface area (Å²) in [6.45, 7) is 7.09. The standard InChI is InChI=1S/C18H29N/c1-5-14-8-10-15(11-9-14)13-17(19-4)16-7-6-12-18(16,2)3/h8-11,16-17,19H,5-7,12-13H2,1-4H3. The Hall–Kier alpha value is -0.820. The first kappa shape index (κ1) is 14.6. The van der Waals surface area contributed by atoms with Crippen molar-refractivity contribution in [3.63, 3.8) is 0 Å². The van der Waals surface area contributed by atoms with Gasteiger partial charge < -0.3 is 5.32 Å². The fourth-order valence-corrected chi connectivity index (χ4v) is 3.71. The maximum atomic E-state index is 3.58. The Morgan fingerprint density at radius 1 is 1.21 bits per heavy atom. The van der Waals surface area contributed by atoms with Gasteiger partial charge in [0.15, 0.2) is 0 Å². The van der Waals surface area contributed by atoms with E-state index in [9.17, 15) is 0 Å². The molecule has 106 valence electrons. The number of aryl methyl sites for hydroxylation is 1. The molecule has 0 bridgehead atoms. The summed E-state index contributed by atoms with van der Waals surface area (Å²) in [6, 6.07) is 9.80. The van der Waals surface area contributed by atoms with E-state index in [1.807, 2.05) is 0 Å². The van der Waals surface area contributed by atoms with Crippen LogP contribution >= 0.6 is 0 Å². The van der Waals surface area contributed by atoms with Crippen LogP contribution in [-0.2, 0) is 12.8 Å². The van der Waals surface area contributed by atoms with E-state index in [0.717, 1.165) is 18.8 Å². The lowest BCUT2D eigenvalue weighted by molar-refractivity contribution is 0.201. The molecule has 0 spiro atoms. The molecule has 0 heterocycles. The average molecular weight is 259 g/mol. The Bertz CT molecular complexity index is 391. The largest absolute Gasteiger partial charge is 0.316 e. The van der Waals surface area contributed by atoms with Crippen molar-refractivity contribution in [3.8, 4) is 0 Å². The Morgan fingerprint density at radius 2 is 1.84 bits per heavy atom. The minimum absolute atomic E-state index is 0.497. The zero-order valence-corrected chi connectivity index (χ0v) is 13.0. The summed E-state index contributed by atoms with van der Waals surface area (Å²) in [5.41, 5.74) is 3.40. The second-order valence-electron chi connectivity index (χ2n) is 6.76. The maximum Gasteiger partial charge on any atom is 0.0138 e. The second-order valence-corrected chi connectivity index (χ2v) is 6.76. The van der Waals surface area contributed by atoms with Gasteiger partial charge >= 0.3 is 0 Å². The molecule has 1 saturated carbocycles. The molecule has 0 saturated heterocycles. The van der Waals surface area contributed by atoms with E-state index in [0.29, 0.717) is 11.5 Å². The van der Waals surface area contributed by atoms with Crippen molar-refractivity contribution < 1.29 is 0 Å². The van der Waals surface area contributed by atoms with Gasteiger partial charge in [-0.15, -0.1) is 0 Å². The van der Waals surface area contributed by atoms with E-state index in [1.165, 1.54) is 30.4 Å². The Balaban J connectivity index is 2.06. The van der Waals surface area contributed by atoms with Crippen LogP contribution in [0.5, 0.6) is 0 Å². The Labute approximate surface area is 118 Å². The van der Waals surface area contributed by atoms with Crippen molar-refractivity contribution >= 4 is 0 Å². The molecule has 19 heavy (non-hydrogen) atoms. The van der Waals surface area contributed by atoms with Gasteiger partial charge in [0.05, 0.1) is 0 Å². The molecule has 0 radical (unpaired) electrons. The van der Waals surface area contributed by atoms with Crippen molar-refractivity contribution in [2.45, 2.75) is 58.9 Å². The molecule has 2 rings (SSSR count). The predicted molar refractivity (Wildman–Crippen MR) is 83.5 cm³/mol. The summed E-state index contributed by atoms with van der Waals surface area (Å²) in [6.07, 6.45) is 6.45. The highest BCUT2D eigenvalue weighted by molar-refractivity contribution is 5.23. The molecule has 0 amide bonds. The lowest BCUT2D eigenvalue weighted by atomic mass is 9.76. The van der Waals surface area contributed by atoms with Crippen LogP contribution in [0.1, 0.15) is 51.2 Å². The number of rotatable bonds is 5. The topological polar surface area (TPSA) is 12.0 Å². The van der Waals surface area contributed by atoms with Gasteiger partial charge in [-0.05, 0) is 55.2 Å². The zero-order valence-electron chi connectivity index (χ0n) is 13.0. The Morgan fingerprint density at radius 3 is 2.32 bits per heavy atom. The smallest absolute Gasteiger partial charge is 0.0138 e. The molecule has 1 fully saturated rings. The van der Waals surface area contributed by atoms with Crippen LogP contribution in [0.25, 0.3) is 0 Å². The van der Waals surface area contributed by atoms with Crippen molar-refractivity contribution in [1.82, 2.24) is 5.32 Å². The monoisotopic (exact) mass is 259 g/mol. The zero-order chi connectivity index (χ0) is 13.9. The van der Waals surface area contributed by atoms with Gasteiger partial charge in [0.1, 0.15) is 0 Å². The number of benzene rings is 1. The van der Waals surface area contributed by atoms with Crippen molar-refractivity contribution in [1.29, 1.82) is 0 Å². The molecular weight excluding hydrogens is 230 g/mol. The van der Waals surface area contributed by atoms with E-state index >= 15 is 0 Å². The van der Waals surface area contributed by atoms with Gasteiger partial charge in [-0.3, -0.25) is 0 Å². The summed E-state index contributed by atoms with van der Waals surface area (Å²) in [4.78, 5) is 0. The van der Waals surface area contributed by atoms with Crippen LogP contribution in [0, 0.1) is 11.3 Å². The molecule has 1 heteroatoms. The van der Waals surface area contributed by atoms with Crippen LogP contribution in [0.4, 0.5) is 0 Å². The van der Waals surface area contributed by atoms with Crippen LogP contribution in [0.2, 0.25) is 0 Å². The molecule has 1 aliphatic rings. The highest BCUT2D eigenvalue weighted by atomic mass is 14.9. The lowest BCUT2D eigenvalue weighted by Gasteiger charge is -2.34. The highest BCUT2D eigenvalue weighted by Gasteiger charge is 2.38. The van der Waals surface area contributed by atoms with Crippen molar-refractivity contribution in [2.75, 3.05) is 7.05 Å². The van der Waals surface area contributed by atoms with Crippen LogP contribution in [0.15, 0.2) is 24.3 Å². The summed E-state index contributed by atoms with van der Waals surface area (Å²) >= 11 is 0. The van der Waals surface area contributed by atoms with Crippen molar-refractivity contribution in [3.05, 3.63) is 35.4 Å².